The lowest BCUT2D eigenvalue weighted by atomic mass is 10.3. The van der Waals surface area contributed by atoms with Gasteiger partial charge in [0.25, 0.3) is 0 Å². The highest BCUT2D eigenvalue weighted by atomic mass is 35.5. The van der Waals surface area contributed by atoms with Crippen LogP contribution in [0.1, 0.15) is 6.42 Å². The van der Waals surface area contributed by atoms with E-state index in [1.165, 1.54) is 4.90 Å². The number of hydrogen-bond donors (Lipinski definition) is 2. The fourth-order valence-electron chi connectivity index (χ4n) is 0.950. The van der Waals surface area contributed by atoms with Crippen molar-refractivity contribution in [1.29, 1.82) is 0 Å². The Hall–Kier alpha value is 0.0700. The van der Waals surface area contributed by atoms with E-state index in [1.807, 2.05) is 24.3 Å². The van der Waals surface area contributed by atoms with E-state index in [2.05, 4.69) is 0 Å². The second-order valence-electron chi connectivity index (χ2n) is 3.03. The molecule has 5 heteroatoms. The number of aliphatic hydroxyl groups is 1. The van der Waals surface area contributed by atoms with E-state index < -0.39 is 0 Å². The Labute approximate surface area is 106 Å². The van der Waals surface area contributed by atoms with Crippen LogP contribution in [0.2, 0.25) is 5.02 Å². The monoisotopic (exact) mass is 267 g/mol. The Bertz CT molecular complexity index is 269. The Morgan fingerprint density at radius 2 is 1.93 bits per heavy atom. The molecule has 15 heavy (non-hydrogen) atoms. The summed E-state index contributed by atoms with van der Waals surface area (Å²) in [7, 11) is 0. The molecule has 0 heterocycles. The lowest BCUT2D eigenvalue weighted by molar-refractivity contribution is 0.264. The van der Waals surface area contributed by atoms with Crippen LogP contribution in [0.5, 0.6) is 0 Å². The molecule has 1 rings (SSSR count). The Kier molecular flexibility index (Phi) is 8.29. The van der Waals surface area contributed by atoms with E-state index in [0.29, 0.717) is 0 Å². The Balaban J connectivity index is 0.00000196. The number of rotatable bonds is 5. The van der Waals surface area contributed by atoms with E-state index in [0.717, 1.165) is 17.2 Å². The summed E-state index contributed by atoms with van der Waals surface area (Å²) < 4.78 is 0. The van der Waals surface area contributed by atoms with E-state index in [1.54, 1.807) is 11.8 Å². The summed E-state index contributed by atoms with van der Waals surface area (Å²) >= 11 is 7.48. The van der Waals surface area contributed by atoms with Gasteiger partial charge in [-0.05, 0) is 36.4 Å². The first kappa shape index (κ1) is 15.1. The summed E-state index contributed by atoms with van der Waals surface area (Å²) in [6.07, 6.45) is 0.823. The third kappa shape index (κ3) is 6.28. The van der Waals surface area contributed by atoms with Crippen LogP contribution in [0.3, 0.4) is 0 Å². The third-order valence-corrected chi connectivity index (χ3v) is 3.10. The molecule has 0 saturated heterocycles. The number of aliphatic hydroxyl groups excluding tert-OH is 1. The number of benzene rings is 1. The molecule has 0 amide bonds. The van der Waals surface area contributed by atoms with Gasteiger partial charge in [0.05, 0.1) is 6.61 Å². The van der Waals surface area contributed by atoms with Gasteiger partial charge in [-0.25, -0.2) is 0 Å². The third-order valence-electron chi connectivity index (χ3n) is 1.81. The van der Waals surface area contributed by atoms with Crippen LogP contribution in [0.4, 0.5) is 0 Å². The molecule has 3 N–H and O–H groups in total. The maximum atomic E-state index is 8.72. The van der Waals surface area contributed by atoms with Gasteiger partial charge in [-0.15, -0.1) is 24.2 Å². The van der Waals surface area contributed by atoms with Gasteiger partial charge in [-0.2, -0.15) is 0 Å². The number of hydrogen-bond acceptors (Lipinski definition) is 3. The molecular weight excluding hydrogens is 253 g/mol. The summed E-state index contributed by atoms with van der Waals surface area (Å²) in [4.78, 5) is 1.18. The predicted octanol–water partition coefficient (Wildman–Crippen LogP) is 2.56. The number of thioether (sulfide) groups is 1. The van der Waals surface area contributed by atoms with Gasteiger partial charge in [0.15, 0.2) is 0 Å². The first-order valence-corrected chi connectivity index (χ1v) is 5.83. The van der Waals surface area contributed by atoms with Crippen molar-refractivity contribution in [3.05, 3.63) is 29.3 Å². The van der Waals surface area contributed by atoms with Crippen LogP contribution in [0, 0.1) is 0 Å². The second-order valence-corrected chi connectivity index (χ2v) is 4.64. The first-order chi connectivity index (χ1) is 6.72. The van der Waals surface area contributed by atoms with Crippen molar-refractivity contribution in [3.8, 4) is 0 Å². The minimum absolute atomic E-state index is 0. The Morgan fingerprint density at radius 1 is 1.33 bits per heavy atom. The smallest absolute Gasteiger partial charge is 0.0582 e. The first-order valence-electron chi connectivity index (χ1n) is 4.47. The molecule has 0 fully saturated rings. The van der Waals surface area contributed by atoms with Crippen molar-refractivity contribution in [2.45, 2.75) is 17.4 Å². The van der Waals surface area contributed by atoms with Crippen molar-refractivity contribution >= 4 is 35.8 Å². The van der Waals surface area contributed by atoms with Crippen LogP contribution < -0.4 is 5.73 Å². The average molecular weight is 268 g/mol. The zero-order valence-electron chi connectivity index (χ0n) is 8.23. The zero-order valence-corrected chi connectivity index (χ0v) is 10.6. The molecule has 86 valence electrons. The van der Waals surface area contributed by atoms with Crippen LogP contribution in [-0.2, 0) is 0 Å². The molecule has 0 aliphatic carbocycles. The topological polar surface area (TPSA) is 46.2 Å². The van der Waals surface area contributed by atoms with Crippen molar-refractivity contribution in [3.63, 3.8) is 0 Å². The molecule has 0 radical (unpaired) electrons. The lowest BCUT2D eigenvalue weighted by Crippen LogP contribution is -2.24. The molecule has 0 aliphatic rings. The number of halogens is 2. The molecule has 1 aromatic carbocycles. The Morgan fingerprint density at radius 3 is 2.47 bits per heavy atom. The fourth-order valence-corrected chi connectivity index (χ4v) is 2.06. The highest BCUT2D eigenvalue weighted by molar-refractivity contribution is 7.99. The maximum absolute atomic E-state index is 8.72. The standard InChI is InChI=1S/C10H14ClNOS.ClH/c11-8-1-3-10(4-2-8)14-6-5-9(12)7-13;/h1-4,9,13H,5-7,12H2;1H/t9-;/m0./s1. The molecule has 0 saturated carbocycles. The van der Waals surface area contributed by atoms with Crippen LogP contribution in [0.25, 0.3) is 0 Å². The zero-order chi connectivity index (χ0) is 10.4. The minimum atomic E-state index is -0.102. The largest absolute Gasteiger partial charge is 0.395 e. The van der Waals surface area contributed by atoms with Crippen LogP contribution in [0.15, 0.2) is 29.2 Å². The van der Waals surface area contributed by atoms with Gasteiger partial charge in [-0.3, -0.25) is 0 Å². The van der Waals surface area contributed by atoms with Crippen LogP contribution in [-0.4, -0.2) is 23.5 Å². The highest BCUT2D eigenvalue weighted by Gasteiger charge is 2.00. The molecule has 0 aromatic heterocycles. The molecule has 1 aromatic rings. The fraction of sp³-hybridized carbons (Fsp3) is 0.400. The highest BCUT2D eigenvalue weighted by Crippen LogP contribution is 2.21. The van der Waals surface area contributed by atoms with Crippen molar-refractivity contribution in [2.24, 2.45) is 5.73 Å². The van der Waals surface area contributed by atoms with Crippen molar-refractivity contribution in [2.75, 3.05) is 12.4 Å². The van der Waals surface area contributed by atoms with Crippen LogP contribution >= 0.6 is 35.8 Å². The second kappa shape index (κ2) is 8.25. The van der Waals surface area contributed by atoms with Crippen molar-refractivity contribution < 1.29 is 5.11 Å². The molecule has 1 atom stereocenters. The van der Waals surface area contributed by atoms with Gasteiger partial charge in [-0.1, -0.05) is 11.6 Å². The minimum Gasteiger partial charge on any atom is -0.395 e. The summed E-state index contributed by atoms with van der Waals surface area (Å²) in [6.45, 7) is 0.0567. The van der Waals surface area contributed by atoms with Crippen molar-refractivity contribution in [1.82, 2.24) is 0 Å². The molecule has 0 spiro atoms. The molecule has 0 unspecified atom stereocenters. The van der Waals surface area contributed by atoms with Gasteiger partial charge >= 0.3 is 0 Å². The van der Waals surface area contributed by atoms with Gasteiger partial charge < -0.3 is 10.8 Å². The summed E-state index contributed by atoms with van der Waals surface area (Å²) in [5.74, 6) is 0.920. The molecular formula is C10H15Cl2NOS. The van der Waals surface area contributed by atoms with E-state index >= 15 is 0 Å². The maximum Gasteiger partial charge on any atom is 0.0582 e. The average Bonchev–Trinajstić information content (AvgIpc) is 2.21. The van der Waals surface area contributed by atoms with Gasteiger partial charge in [0, 0.05) is 16.0 Å². The number of nitrogens with two attached hydrogens (primary N) is 1. The van der Waals surface area contributed by atoms with E-state index in [4.69, 9.17) is 22.4 Å². The molecule has 0 aliphatic heterocycles. The van der Waals surface area contributed by atoms with E-state index in [-0.39, 0.29) is 25.1 Å². The predicted molar refractivity (Wildman–Crippen MR) is 69.1 cm³/mol. The molecule has 0 bridgehead atoms. The summed E-state index contributed by atoms with van der Waals surface area (Å²) in [5.41, 5.74) is 5.58. The summed E-state index contributed by atoms with van der Waals surface area (Å²) in [5, 5.41) is 9.47. The van der Waals surface area contributed by atoms with Gasteiger partial charge in [0.1, 0.15) is 0 Å². The quantitative estimate of drug-likeness (QED) is 0.807. The SMILES string of the molecule is Cl.N[C@H](CO)CCSc1ccc(Cl)cc1. The summed E-state index contributed by atoms with van der Waals surface area (Å²) in [6, 6.07) is 7.61. The van der Waals surface area contributed by atoms with Gasteiger partial charge in [0.2, 0.25) is 0 Å². The van der Waals surface area contributed by atoms with E-state index in [9.17, 15) is 0 Å². The molecule has 2 nitrogen and oxygen atoms in total. The normalized spacial score (nSPS) is 11.9. The lowest BCUT2D eigenvalue weighted by Gasteiger charge is -2.06.